The van der Waals surface area contributed by atoms with Crippen LogP contribution in [0.4, 0.5) is 55.3 Å². The molecule has 11 rings (SSSR count). The van der Waals surface area contributed by atoms with E-state index in [1.807, 2.05) is 0 Å². The molecule has 0 aliphatic carbocycles. The van der Waals surface area contributed by atoms with E-state index in [0.717, 1.165) is 94.7 Å². The molecule has 4 aromatic rings. The molecular weight excluding hydrogens is 1220 g/mol. The Bertz CT molecular complexity index is 2840. The maximum atomic E-state index is 14.5. The van der Waals surface area contributed by atoms with Crippen molar-refractivity contribution in [2.75, 3.05) is 81.5 Å². The molecule has 0 radical (unpaired) electrons. The van der Waals surface area contributed by atoms with E-state index in [2.05, 4.69) is 106 Å². The molecular formula is C53H75Cl3F6N15NaO6S. The first-order chi connectivity index (χ1) is 39.8. The van der Waals surface area contributed by atoms with Crippen LogP contribution < -0.4 is 61.0 Å². The molecule has 6 unspecified atom stereocenters. The largest absolute Gasteiger partial charge is 1.00 e. The van der Waals surface area contributed by atoms with Gasteiger partial charge in [0.1, 0.15) is 0 Å². The number of nitrogens with zero attached hydrogens (tertiary/aromatic N) is 11. The number of hydrogen-bond donors (Lipinski definition) is 5. The average Bonchev–Trinajstić information content (AvgIpc) is 2.88. The number of nitrogens with one attached hydrogen (secondary N) is 4. The van der Waals surface area contributed by atoms with Crippen LogP contribution in [0.25, 0.3) is 0 Å². The standard InChI is InChI=1S/C24H31F4N7O2S.C12H16ClFN4.C11H22N2.C4HCl2FN2.CH2O3.CH4O.Na/c1-33-17-4-5-18(33)12-16(11-17)30-22-20(25)14-29-23(32-22)31-15-3-6-21(19(13-15)24(26,27)28)34-7-9-35(10-8-34)38(2,36)37;1-18-8-2-3-9(18)5-7(4-8)16-11-10(14)6-15-12(13)17-11;1-8(2)12-9-6-10-4-5-11(7-9)13(10)3;5-3-2(7)1-8-4(6)9-3;2-1-4-3;1-2;/h3,6,13-14,16-18H,4-5,7-12H2,1-2H3,(H2,29,30,31,32);6-9H,2-5H2,1H3,(H,15,16,17);8-12H,4-7H2,1-3H3;1H;1,3H;2H,1H3;/q;;;;;;+1/p-1. The first-order valence-corrected chi connectivity index (χ1v) is 30.6. The van der Waals surface area contributed by atoms with E-state index >= 15 is 0 Å². The Morgan fingerprint density at radius 2 is 1.09 bits per heavy atom. The topological polar surface area (TPSA) is 245 Å². The van der Waals surface area contributed by atoms with Crippen LogP contribution in [0, 0.1) is 17.5 Å². The van der Waals surface area contributed by atoms with Crippen LogP contribution in [0.15, 0.2) is 36.8 Å². The van der Waals surface area contributed by atoms with Gasteiger partial charge in [-0.25, -0.2) is 41.5 Å². The predicted molar refractivity (Wildman–Crippen MR) is 308 cm³/mol. The molecule has 5 N–H and O–H groups in total. The van der Waals surface area contributed by atoms with Gasteiger partial charge in [-0.2, -0.15) is 27.4 Å². The molecule has 10 heterocycles. The van der Waals surface area contributed by atoms with Crippen LogP contribution in [0.1, 0.15) is 96.5 Å². The number of aliphatic hydroxyl groups is 1. The summed E-state index contributed by atoms with van der Waals surface area (Å²) in [7, 11) is 4.19. The van der Waals surface area contributed by atoms with Gasteiger partial charge in [-0.05, 0) is 140 Å². The van der Waals surface area contributed by atoms with Crippen LogP contribution in [-0.4, -0.2) is 190 Å². The summed E-state index contributed by atoms with van der Waals surface area (Å²) in [4.78, 5) is 42.5. The summed E-state index contributed by atoms with van der Waals surface area (Å²) in [5, 5.41) is 28.0. The Balaban J connectivity index is 0.000000231. The van der Waals surface area contributed by atoms with Crippen molar-refractivity contribution in [2.45, 2.75) is 157 Å². The number of aliphatic hydroxyl groups excluding tert-OH is 1. The maximum Gasteiger partial charge on any atom is 1.00 e. The summed E-state index contributed by atoms with van der Waals surface area (Å²) in [5.74, 6) is -1.50. The molecule has 6 atom stereocenters. The second-order valence-electron chi connectivity index (χ2n) is 22.0. The summed E-state index contributed by atoms with van der Waals surface area (Å²) < 4.78 is 107. The number of anilines is 5. The minimum atomic E-state index is -4.65. The molecule has 468 valence electrons. The number of alkyl halides is 3. The number of piperidine rings is 3. The van der Waals surface area contributed by atoms with Gasteiger partial charge in [-0.3, -0.25) is 4.79 Å². The Morgan fingerprint density at radius 1 is 0.682 bits per heavy atom. The third-order valence-electron chi connectivity index (χ3n) is 16.3. The molecule has 7 aliphatic heterocycles. The van der Waals surface area contributed by atoms with Crippen LogP contribution >= 0.6 is 34.8 Å². The van der Waals surface area contributed by atoms with Crippen LogP contribution in [0.3, 0.4) is 0 Å². The van der Waals surface area contributed by atoms with E-state index in [1.54, 1.807) is 0 Å². The second-order valence-corrected chi connectivity index (χ2v) is 25.0. The van der Waals surface area contributed by atoms with Crippen molar-refractivity contribution in [2.24, 2.45) is 0 Å². The van der Waals surface area contributed by atoms with Crippen molar-refractivity contribution in [1.29, 1.82) is 0 Å². The van der Waals surface area contributed by atoms with Gasteiger partial charge >= 0.3 is 35.7 Å². The first-order valence-electron chi connectivity index (χ1n) is 27.6. The summed E-state index contributed by atoms with van der Waals surface area (Å²) in [6.45, 7) is 4.80. The number of piperazine rings is 1. The fourth-order valence-corrected chi connectivity index (χ4v) is 13.5. The fraction of sp³-hybridized carbons (Fsp3) is 0.642. The molecule has 1 aromatic carbocycles. The van der Waals surface area contributed by atoms with E-state index in [9.17, 15) is 34.8 Å². The van der Waals surface area contributed by atoms with E-state index in [0.29, 0.717) is 30.2 Å². The number of fused-ring (bicyclic) bond motifs is 6. The molecule has 6 bridgehead atoms. The molecule has 21 nitrogen and oxygen atoms in total. The minimum Gasteiger partial charge on any atom is -0.662 e. The monoisotopic (exact) mass is 1290 g/mol. The molecule has 32 heteroatoms. The van der Waals surface area contributed by atoms with E-state index < -0.39 is 39.2 Å². The maximum absolute atomic E-state index is 14.5. The summed E-state index contributed by atoms with van der Waals surface area (Å²) in [6, 6.07) is 9.41. The molecule has 0 amide bonds. The third kappa shape index (κ3) is 20.7. The van der Waals surface area contributed by atoms with Crippen molar-refractivity contribution in [1.82, 2.24) is 54.2 Å². The van der Waals surface area contributed by atoms with E-state index in [1.165, 1.54) is 59.9 Å². The van der Waals surface area contributed by atoms with Crippen molar-refractivity contribution in [3.05, 3.63) is 75.5 Å². The number of carbonyl (C=O) groups is 1. The number of aromatic nitrogens is 6. The predicted octanol–water partition coefficient (Wildman–Crippen LogP) is 4.38. The number of rotatable bonds is 11. The van der Waals surface area contributed by atoms with Crippen molar-refractivity contribution in [3.63, 3.8) is 0 Å². The zero-order chi connectivity index (χ0) is 61.6. The minimum absolute atomic E-state index is 0. The molecule has 85 heavy (non-hydrogen) atoms. The number of sulfonamides is 1. The van der Waals surface area contributed by atoms with Crippen molar-refractivity contribution in [3.8, 4) is 0 Å². The fourth-order valence-electron chi connectivity index (χ4n) is 12.3. The number of benzene rings is 1. The van der Waals surface area contributed by atoms with Crippen molar-refractivity contribution >= 4 is 80.3 Å². The van der Waals surface area contributed by atoms with Gasteiger partial charge in [-0.15, -0.1) is 0 Å². The number of carbonyl (C=O) groups excluding carboxylic acids is 1. The Morgan fingerprint density at radius 3 is 1.49 bits per heavy atom. The van der Waals surface area contributed by atoms with Crippen LogP contribution in [0.5, 0.6) is 0 Å². The van der Waals surface area contributed by atoms with Gasteiger partial charge in [0.05, 0.1) is 30.4 Å². The molecule has 7 saturated heterocycles. The zero-order valence-corrected chi connectivity index (χ0v) is 53.9. The van der Waals surface area contributed by atoms with Crippen molar-refractivity contribution < 1.29 is 84.4 Å². The molecule has 0 spiro atoms. The third-order valence-corrected chi connectivity index (χ3v) is 18.3. The van der Waals surface area contributed by atoms with E-state index in [-0.39, 0.29) is 119 Å². The summed E-state index contributed by atoms with van der Waals surface area (Å²) in [6.07, 6.45) is 13.6. The van der Waals surface area contributed by atoms with Crippen LogP contribution in [-0.2, 0) is 25.9 Å². The molecule has 0 saturated carbocycles. The van der Waals surface area contributed by atoms with Gasteiger partial charge in [0.15, 0.2) is 34.2 Å². The van der Waals surface area contributed by atoms with Gasteiger partial charge in [-0.1, -0.05) is 25.4 Å². The summed E-state index contributed by atoms with van der Waals surface area (Å²) >= 11 is 16.1. The average molecular weight is 1290 g/mol. The quantitative estimate of drug-likeness (QED) is 0.0266. The molecule has 7 aliphatic rings. The summed E-state index contributed by atoms with van der Waals surface area (Å²) in [5.41, 5.74) is -0.793. The van der Waals surface area contributed by atoms with Gasteiger partial charge in [0.25, 0.3) is 6.47 Å². The number of halogens is 9. The smallest absolute Gasteiger partial charge is 0.662 e. The van der Waals surface area contributed by atoms with Gasteiger partial charge in [0.2, 0.25) is 26.5 Å². The number of hydrogen-bond acceptors (Lipinski definition) is 20. The Kier molecular flexibility index (Phi) is 28.1. The zero-order valence-electron chi connectivity index (χ0n) is 48.8. The Labute approximate surface area is 530 Å². The van der Waals surface area contributed by atoms with E-state index in [4.69, 9.17) is 50.0 Å². The normalized spacial score (nSPS) is 25.4. The van der Waals surface area contributed by atoms with Crippen LogP contribution in [0.2, 0.25) is 15.7 Å². The second kappa shape index (κ2) is 33.2. The Hall–Kier alpha value is -3.75. The SMILES string of the molecule is CC(C)NC1CC2CCC(C1)N2C.CN1C2CCC1CC(Nc1nc(Cl)ncc1F)C2.CN1C2CCC1CC(Nc1nc(Nc3ccc(N4CCN(S(C)(=O)=O)CC4)c(C(F)(F)F)c3)ncc1F)C2.CO.Fc1cnc(Cl)nc1Cl.O=CO[O-].[Na+]. The van der Waals surface area contributed by atoms with Gasteiger partial charge < -0.3 is 56.1 Å². The molecule has 7 fully saturated rings. The van der Waals surface area contributed by atoms with Gasteiger partial charge in [0, 0.05) is 105 Å². The molecule has 3 aromatic heterocycles. The first kappa shape index (κ1) is 72.0.